The molecule has 1 saturated heterocycles. The first kappa shape index (κ1) is 65.1. The van der Waals surface area contributed by atoms with Crippen LogP contribution in [0, 0.1) is 0 Å². The van der Waals surface area contributed by atoms with Crippen molar-refractivity contribution in [2.24, 2.45) is 0 Å². The maximum absolute atomic E-state index is 6.53. The van der Waals surface area contributed by atoms with E-state index in [2.05, 4.69) is 375 Å². The molecule has 520 valence electrons. The molecule has 0 spiro atoms. The minimum atomic E-state index is -0.378. The predicted octanol–water partition coefficient (Wildman–Crippen LogP) is 25.7. The van der Waals surface area contributed by atoms with Crippen molar-refractivity contribution in [2.45, 2.75) is 154 Å². The molecule has 0 saturated carbocycles. The van der Waals surface area contributed by atoms with Crippen molar-refractivity contribution in [2.75, 3.05) is 0 Å². The molecule has 1 fully saturated rings. The van der Waals surface area contributed by atoms with Crippen LogP contribution >= 0.6 is 31.9 Å². The zero-order valence-corrected chi connectivity index (χ0v) is 66.4. The number of aromatic nitrogens is 3. The van der Waals surface area contributed by atoms with E-state index in [0.29, 0.717) is 0 Å². The van der Waals surface area contributed by atoms with Crippen LogP contribution in [0.5, 0.6) is 0 Å². The van der Waals surface area contributed by atoms with Crippen molar-refractivity contribution >= 4 is 131 Å². The maximum Gasteiger partial charge on any atom is 0.494 e. The summed E-state index contributed by atoms with van der Waals surface area (Å²) in [7, 11) is -0.378. The number of hydrogen-bond donors (Lipinski definition) is 0. The third kappa shape index (κ3) is 8.24. The van der Waals surface area contributed by atoms with E-state index >= 15 is 0 Å². The Balaban J connectivity index is 0.000000131. The minimum absolute atomic E-state index is 0.138. The summed E-state index contributed by atoms with van der Waals surface area (Å²) >= 11 is 6.88. The van der Waals surface area contributed by atoms with Crippen LogP contribution in [0.15, 0.2) is 227 Å². The second kappa shape index (κ2) is 20.9. The number of hydrogen-bond acceptors (Lipinski definition) is 2. The molecule has 0 radical (unpaired) electrons. The molecule has 0 amide bonds. The van der Waals surface area contributed by atoms with Crippen LogP contribution in [-0.4, -0.2) is 32.0 Å². The lowest BCUT2D eigenvalue weighted by atomic mass is 9.65. The Morgan fingerprint density at radius 2 is 0.481 bits per heavy atom. The van der Waals surface area contributed by atoms with E-state index in [1.165, 1.54) is 193 Å². The van der Waals surface area contributed by atoms with Gasteiger partial charge in [0, 0.05) is 73.8 Å². The molecule has 7 aliphatic heterocycles. The van der Waals surface area contributed by atoms with E-state index in [4.69, 9.17) is 9.31 Å². The predicted molar refractivity (Wildman–Crippen MR) is 452 cm³/mol. The third-order valence-electron chi connectivity index (χ3n) is 27.3. The van der Waals surface area contributed by atoms with Gasteiger partial charge < -0.3 is 23.0 Å². The van der Waals surface area contributed by atoms with Crippen LogP contribution in [0.4, 0.5) is 0 Å². The molecule has 0 bridgehead atoms. The summed E-state index contributed by atoms with van der Waals surface area (Å²) in [5, 5.41) is 13.2. The molecule has 3 aromatic heterocycles. The summed E-state index contributed by atoms with van der Waals surface area (Å²) in [5.74, 6) is 0. The van der Waals surface area contributed by atoms with Gasteiger partial charge in [-0.1, -0.05) is 273 Å². The molecule has 10 heterocycles. The lowest BCUT2D eigenvalue weighted by molar-refractivity contribution is 0.00578. The fraction of sp³-hybridized carbons (Fsp3) is 0.245. The summed E-state index contributed by atoms with van der Waals surface area (Å²) in [5.41, 5.74) is 33.8. The van der Waals surface area contributed by atoms with Crippen molar-refractivity contribution in [1.82, 2.24) is 13.7 Å². The first-order valence-electron chi connectivity index (χ1n) is 37.9. The Labute approximate surface area is 637 Å². The maximum atomic E-state index is 6.53. The Bertz CT molecular complexity index is 6170. The molecular formula is C98H84BBr2N3O2. The van der Waals surface area contributed by atoms with Crippen LogP contribution in [0.1, 0.15) is 178 Å². The Kier molecular flexibility index (Phi) is 12.8. The van der Waals surface area contributed by atoms with Crippen molar-refractivity contribution in [1.29, 1.82) is 0 Å². The largest absolute Gasteiger partial charge is 0.494 e. The average molecular weight is 1510 g/mol. The standard InChI is InChI=1S/C58H46N2.C30H32BNO2.C10H6Br2/c1-55(2)41-17-9-13-37-38-14-10-18-42-50(38)59(49(37)41)53-45(55)27-35(28-46(53)56(42,3)4)33-23-21-32-26-34(24-22-31(32)25-33)36-29-47-54-48(30-36)58(7,8)44-20-12-16-40-39-15-11-19-43(57(47,5)6)51(39)60(54)52(40)44;1-27(2)20-13-9-11-18-19-12-10-14-21-25(19)32(24(18)20)26-22(27)15-17(16-23(26)28(21,3)4)31-33-29(5,6)30(7,8)34-31;11-9-3-1-7-5-10(12)4-2-8(7)6-9/h9-30H,1-8H3;9-16H,1-8H3;1-6H. The van der Waals surface area contributed by atoms with Crippen molar-refractivity contribution in [3.05, 3.63) is 294 Å². The Morgan fingerprint density at radius 3 is 0.745 bits per heavy atom. The van der Waals surface area contributed by atoms with Gasteiger partial charge >= 0.3 is 7.12 Å². The molecule has 5 nitrogen and oxygen atoms in total. The molecular weight excluding hydrogens is 1420 g/mol. The van der Waals surface area contributed by atoms with Gasteiger partial charge in [-0.25, -0.2) is 0 Å². The van der Waals surface area contributed by atoms with E-state index in [1.54, 1.807) is 0 Å². The van der Waals surface area contributed by atoms with Gasteiger partial charge in [0.2, 0.25) is 0 Å². The topological polar surface area (TPSA) is 33.2 Å². The molecule has 0 unspecified atom stereocenters. The molecule has 0 atom stereocenters. The highest BCUT2D eigenvalue weighted by molar-refractivity contribution is 9.10. The molecule has 8 heteroatoms. The average Bonchev–Trinajstić information content (AvgIpc) is 1.47. The number of halogens is 2. The minimum Gasteiger partial charge on any atom is -0.399 e. The van der Waals surface area contributed by atoms with E-state index in [9.17, 15) is 0 Å². The van der Waals surface area contributed by atoms with Crippen LogP contribution in [0.3, 0.4) is 0 Å². The van der Waals surface area contributed by atoms with E-state index in [-0.39, 0.29) is 50.8 Å². The van der Waals surface area contributed by atoms with Crippen LogP contribution in [0.2, 0.25) is 0 Å². The van der Waals surface area contributed by atoms with Crippen molar-refractivity contribution in [3.8, 4) is 39.3 Å². The highest BCUT2D eigenvalue weighted by Crippen LogP contribution is 2.60. The third-order valence-corrected chi connectivity index (χ3v) is 28.3. The second-order valence-corrected chi connectivity index (χ2v) is 37.6. The molecule has 0 N–H and O–H groups in total. The lowest BCUT2D eigenvalue weighted by Gasteiger charge is -2.42. The fourth-order valence-corrected chi connectivity index (χ4v) is 21.4. The molecule has 23 rings (SSSR count). The van der Waals surface area contributed by atoms with Crippen molar-refractivity contribution in [3.63, 3.8) is 0 Å². The number of rotatable bonds is 3. The lowest BCUT2D eigenvalue weighted by Crippen LogP contribution is -2.41. The van der Waals surface area contributed by atoms with E-state index in [1.807, 2.05) is 0 Å². The summed E-state index contributed by atoms with van der Waals surface area (Å²) in [6.45, 7) is 37.4. The SMILES string of the molecule is Brc1ccc2cc(Br)ccc2c1.CC1(C)c2cc(-c3ccc4cc(-c5cc6c7c(c5)C(C)(C)c5cccc8c9cccc(c9n-7c58)C6(C)C)ccc4c3)cc3c2-n2c4c1cccc4c1cccc(c12)C3(C)C.CC1(C)c2cc(B3OC(C)(C)C(C)(C)O3)cc3c2-n2c4c1cccc4c1cccc(c12)C3(C)C. The quantitative estimate of drug-likeness (QED) is 0.165. The van der Waals surface area contributed by atoms with E-state index < -0.39 is 0 Å². The van der Waals surface area contributed by atoms with Gasteiger partial charge in [0.1, 0.15) is 0 Å². The first-order chi connectivity index (χ1) is 50.4. The highest BCUT2D eigenvalue weighted by Gasteiger charge is 2.54. The van der Waals surface area contributed by atoms with Crippen LogP contribution < -0.4 is 5.46 Å². The van der Waals surface area contributed by atoms with Gasteiger partial charge in [-0.2, -0.15) is 0 Å². The normalized spacial score (nSPS) is 18.2. The fourth-order valence-electron chi connectivity index (χ4n) is 20.7. The zero-order valence-electron chi connectivity index (χ0n) is 63.3. The van der Waals surface area contributed by atoms with Gasteiger partial charge in [-0.3, -0.25) is 0 Å². The monoisotopic (exact) mass is 1500 g/mol. The van der Waals surface area contributed by atoms with Crippen LogP contribution in [-0.2, 0) is 41.8 Å². The second-order valence-electron chi connectivity index (χ2n) is 35.8. The van der Waals surface area contributed by atoms with Gasteiger partial charge in [0.15, 0.2) is 0 Å². The Hall–Kier alpha value is -9.28. The van der Waals surface area contributed by atoms with Crippen molar-refractivity contribution < 1.29 is 9.31 Å². The highest BCUT2D eigenvalue weighted by atomic mass is 79.9. The van der Waals surface area contributed by atoms with Gasteiger partial charge in [-0.05, 0) is 204 Å². The molecule has 7 aliphatic rings. The summed E-state index contributed by atoms with van der Waals surface area (Å²) in [6.07, 6.45) is 0. The summed E-state index contributed by atoms with van der Waals surface area (Å²) in [4.78, 5) is 0. The van der Waals surface area contributed by atoms with Gasteiger partial charge in [0.05, 0.1) is 61.4 Å². The van der Waals surface area contributed by atoms with Gasteiger partial charge in [0.25, 0.3) is 0 Å². The molecule has 13 aromatic carbocycles. The number of fused-ring (bicyclic) bond motifs is 5. The first-order valence-corrected chi connectivity index (χ1v) is 39.5. The molecule has 16 aromatic rings. The smallest absolute Gasteiger partial charge is 0.399 e. The number of para-hydroxylation sites is 6. The van der Waals surface area contributed by atoms with Crippen LogP contribution in [0.25, 0.3) is 126 Å². The summed E-state index contributed by atoms with van der Waals surface area (Å²) in [6, 6.07) is 83.1. The number of benzene rings is 13. The Morgan fingerprint density at radius 1 is 0.245 bits per heavy atom. The molecule has 106 heavy (non-hydrogen) atoms. The van der Waals surface area contributed by atoms with Gasteiger partial charge in [-0.15, -0.1) is 0 Å². The molecule has 0 aliphatic carbocycles. The zero-order chi connectivity index (χ0) is 73.1. The van der Waals surface area contributed by atoms with E-state index in [0.717, 1.165) is 14.4 Å². The summed E-state index contributed by atoms with van der Waals surface area (Å²) < 4.78 is 23.1. The number of nitrogens with zero attached hydrogens (tertiary/aromatic N) is 3.